The summed E-state index contributed by atoms with van der Waals surface area (Å²) in [7, 11) is 0. The molecule has 1 heterocycles. The van der Waals surface area contributed by atoms with E-state index in [1.54, 1.807) is 0 Å². The Morgan fingerprint density at radius 1 is 1.06 bits per heavy atom. The highest BCUT2D eigenvalue weighted by Gasteiger charge is 2.05. The first-order valence-electron chi connectivity index (χ1n) is 6.21. The zero-order valence-corrected chi connectivity index (χ0v) is 10.5. The molecule has 0 aliphatic carbocycles. The monoisotopic (exact) mass is 225 g/mol. The highest BCUT2D eigenvalue weighted by atomic mass is 15.1. The van der Waals surface area contributed by atoms with Crippen LogP contribution in [0.4, 0.5) is 5.69 Å². The van der Waals surface area contributed by atoms with Crippen molar-refractivity contribution >= 4 is 5.69 Å². The predicted octanol–water partition coefficient (Wildman–Crippen LogP) is 4.60. The van der Waals surface area contributed by atoms with Crippen LogP contribution < -0.4 is 4.90 Å². The van der Waals surface area contributed by atoms with Crippen LogP contribution in [0.25, 0.3) is 0 Å². The normalized spacial score (nSPS) is 16.0. The van der Waals surface area contributed by atoms with Crippen molar-refractivity contribution in [3.63, 3.8) is 0 Å². The zero-order valence-electron chi connectivity index (χ0n) is 10.5. The van der Waals surface area contributed by atoms with Gasteiger partial charge in [0, 0.05) is 18.1 Å². The molecule has 1 aromatic rings. The van der Waals surface area contributed by atoms with Crippen molar-refractivity contribution in [3.8, 4) is 0 Å². The number of anilines is 1. The van der Waals surface area contributed by atoms with E-state index in [2.05, 4.69) is 67.6 Å². The first kappa shape index (κ1) is 11.7. The van der Waals surface area contributed by atoms with Crippen LogP contribution in [-0.4, -0.2) is 0 Å². The second-order valence-electron chi connectivity index (χ2n) is 4.38. The molecule has 0 N–H and O–H groups in total. The third kappa shape index (κ3) is 2.88. The van der Waals surface area contributed by atoms with Gasteiger partial charge in [0.05, 0.1) is 0 Å². The standard InChI is InChI=1S/C16H19N/c1-3-14(2)15-9-8-10-16(13-15)17-11-6-4-5-7-12-17/h4-14H,3H2,1-2H3. The Balaban J connectivity index is 2.27. The maximum absolute atomic E-state index is 2.27. The van der Waals surface area contributed by atoms with Crippen molar-refractivity contribution in [2.24, 2.45) is 0 Å². The van der Waals surface area contributed by atoms with Crippen LogP contribution in [-0.2, 0) is 0 Å². The highest BCUT2D eigenvalue weighted by molar-refractivity contribution is 5.55. The molecule has 0 aromatic heterocycles. The number of benzene rings is 1. The van der Waals surface area contributed by atoms with Gasteiger partial charge in [-0.25, -0.2) is 0 Å². The molecule has 0 amide bonds. The average molecular weight is 225 g/mol. The fraction of sp³-hybridized carbons (Fsp3) is 0.250. The molecule has 1 unspecified atom stereocenters. The van der Waals surface area contributed by atoms with Gasteiger partial charge in [-0.15, -0.1) is 0 Å². The molecule has 1 atom stereocenters. The molecule has 2 rings (SSSR count). The largest absolute Gasteiger partial charge is 0.324 e. The quantitative estimate of drug-likeness (QED) is 0.726. The van der Waals surface area contributed by atoms with Gasteiger partial charge in [0.15, 0.2) is 0 Å². The number of hydrogen-bond acceptors (Lipinski definition) is 1. The summed E-state index contributed by atoms with van der Waals surface area (Å²) in [5, 5.41) is 0. The van der Waals surface area contributed by atoms with Crippen LogP contribution in [0.3, 0.4) is 0 Å². The van der Waals surface area contributed by atoms with Crippen molar-refractivity contribution in [1.82, 2.24) is 0 Å². The molecule has 0 radical (unpaired) electrons. The summed E-state index contributed by atoms with van der Waals surface area (Å²) in [6, 6.07) is 8.76. The predicted molar refractivity (Wildman–Crippen MR) is 75.0 cm³/mol. The molecule has 1 heteroatoms. The van der Waals surface area contributed by atoms with E-state index < -0.39 is 0 Å². The van der Waals surface area contributed by atoms with E-state index in [9.17, 15) is 0 Å². The van der Waals surface area contributed by atoms with Gasteiger partial charge in [-0.3, -0.25) is 0 Å². The Morgan fingerprint density at radius 3 is 2.41 bits per heavy atom. The smallest absolute Gasteiger partial charge is 0.0452 e. The summed E-state index contributed by atoms with van der Waals surface area (Å²) in [5.74, 6) is 0.619. The molecule has 0 bridgehead atoms. The number of nitrogens with zero attached hydrogens (tertiary/aromatic N) is 1. The van der Waals surface area contributed by atoms with E-state index in [0.29, 0.717) is 5.92 Å². The Kier molecular flexibility index (Phi) is 3.81. The summed E-state index contributed by atoms with van der Waals surface area (Å²) < 4.78 is 0. The topological polar surface area (TPSA) is 3.24 Å². The first-order valence-corrected chi connectivity index (χ1v) is 6.21. The van der Waals surface area contributed by atoms with E-state index in [1.807, 2.05) is 12.2 Å². The van der Waals surface area contributed by atoms with E-state index in [0.717, 1.165) is 0 Å². The van der Waals surface area contributed by atoms with Gasteiger partial charge in [-0.2, -0.15) is 0 Å². The summed E-state index contributed by atoms with van der Waals surface area (Å²) in [6.07, 6.45) is 13.5. The Labute approximate surface area is 104 Å². The molecule has 0 saturated heterocycles. The second-order valence-corrected chi connectivity index (χ2v) is 4.38. The number of allylic oxidation sites excluding steroid dienone is 4. The van der Waals surface area contributed by atoms with Crippen LogP contribution in [0.15, 0.2) is 61.0 Å². The van der Waals surface area contributed by atoms with Gasteiger partial charge < -0.3 is 4.90 Å². The molecule has 0 spiro atoms. The molecular weight excluding hydrogens is 206 g/mol. The number of hydrogen-bond donors (Lipinski definition) is 0. The maximum atomic E-state index is 2.27. The van der Waals surface area contributed by atoms with Gasteiger partial charge in [0.25, 0.3) is 0 Å². The average Bonchev–Trinajstić information content (AvgIpc) is 2.67. The van der Waals surface area contributed by atoms with Gasteiger partial charge >= 0.3 is 0 Å². The lowest BCUT2D eigenvalue weighted by atomic mass is 9.98. The molecule has 17 heavy (non-hydrogen) atoms. The van der Waals surface area contributed by atoms with Crippen molar-refractivity contribution in [2.45, 2.75) is 26.2 Å². The minimum Gasteiger partial charge on any atom is -0.324 e. The Bertz CT molecular complexity index is 438. The van der Waals surface area contributed by atoms with E-state index in [-0.39, 0.29) is 0 Å². The van der Waals surface area contributed by atoms with Gasteiger partial charge in [-0.1, -0.05) is 38.1 Å². The summed E-state index contributed by atoms with van der Waals surface area (Å²) in [6.45, 7) is 4.50. The molecular formula is C16H19N. The van der Waals surface area contributed by atoms with Crippen LogP contribution in [0, 0.1) is 0 Å². The van der Waals surface area contributed by atoms with Crippen LogP contribution >= 0.6 is 0 Å². The zero-order chi connectivity index (χ0) is 12.1. The van der Waals surface area contributed by atoms with Gasteiger partial charge in [0.1, 0.15) is 0 Å². The van der Waals surface area contributed by atoms with Crippen LogP contribution in [0.1, 0.15) is 31.7 Å². The van der Waals surface area contributed by atoms with Gasteiger partial charge in [0.2, 0.25) is 0 Å². The van der Waals surface area contributed by atoms with Crippen molar-refractivity contribution in [2.75, 3.05) is 4.90 Å². The fourth-order valence-electron chi connectivity index (χ4n) is 1.86. The molecule has 0 fully saturated rings. The molecule has 1 aromatic carbocycles. The molecule has 1 nitrogen and oxygen atoms in total. The van der Waals surface area contributed by atoms with E-state index >= 15 is 0 Å². The van der Waals surface area contributed by atoms with Crippen molar-refractivity contribution < 1.29 is 0 Å². The third-order valence-corrected chi connectivity index (χ3v) is 3.18. The summed E-state index contributed by atoms with van der Waals surface area (Å²) in [4.78, 5) is 2.14. The molecule has 1 aliphatic heterocycles. The highest BCUT2D eigenvalue weighted by Crippen LogP contribution is 2.24. The molecule has 88 valence electrons. The maximum Gasteiger partial charge on any atom is 0.0452 e. The Hall–Kier alpha value is -1.76. The van der Waals surface area contributed by atoms with Crippen LogP contribution in [0.2, 0.25) is 0 Å². The third-order valence-electron chi connectivity index (χ3n) is 3.18. The second kappa shape index (κ2) is 5.53. The molecule has 0 saturated carbocycles. The summed E-state index contributed by atoms with van der Waals surface area (Å²) in [5.41, 5.74) is 2.63. The lowest BCUT2D eigenvalue weighted by molar-refractivity contribution is 0.733. The van der Waals surface area contributed by atoms with Crippen LogP contribution in [0.5, 0.6) is 0 Å². The minimum atomic E-state index is 0.619. The summed E-state index contributed by atoms with van der Waals surface area (Å²) >= 11 is 0. The van der Waals surface area contributed by atoms with Crippen molar-refractivity contribution in [3.05, 3.63) is 66.5 Å². The first-order chi connectivity index (χ1) is 8.31. The van der Waals surface area contributed by atoms with Gasteiger partial charge in [-0.05, 0) is 42.2 Å². The molecule has 1 aliphatic rings. The lowest BCUT2D eigenvalue weighted by Crippen LogP contribution is -2.06. The SMILES string of the molecule is CCC(C)c1cccc(N2C=CC=CC=C2)c1. The minimum absolute atomic E-state index is 0.619. The lowest BCUT2D eigenvalue weighted by Gasteiger charge is -2.17. The fourth-order valence-corrected chi connectivity index (χ4v) is 1.86. The van der Waals surface area contributed by atoms with E-state index in [1.165, 1.54) is 17.7 Å². The van der Waals surface area contributed by atoms with Crippen molar-refractivity contribution in [1.29, 1.82) is 0 Å². The Morgan fingerprint density at radius 2 is 1.76 bits per heavy atom. The number of rotatable bonds is 3. The van der Waals surface area contributed by atoms with E-state index in [4.69, 9.17) is 0 Å².